The van der Waals surface area contributed by atoms with Crippen LogP contribution in [0.15, 0.2) is 30.5 Å². The summed E-state index contributed by atoms with van der Waals surface area (Å²) in [6, 6.07) is 7.40. The van der Waals surface area contributed by atoms with Gasteiger partial charge in [0.2, 0.25) is 0 Å². The number of rotatable bonds is 3. The second kappa shape index (κ2) is 4.76. The van der Waals surface area contributed by atoms with Crippen molar-refractivity contribution in [1.82, 2.24) is 10.2 Å². The van der Waals surface area contributed by atoms with Gasteiger partial charge in [-0.15, -0.1) is 0 Å². The van der Waals surface area contributed by atoms with Crippen LogP contribution in [0.25, 0.3) is 0 Å². The van der Waals surface area contributed by atoms with E-state index in [-0.39, 0.29) is 6.04 Å². The zero-order valence-electron chi connectivity index (χ0n) is 8.67. The third-order valence-electron chi connectivity index (χ3n) is 2.29. The van der Waals surface area contributed by atoms with Gasteiger partial charge < -0.3 is 5.32 Å². The lowest BCUT2D eigenvalue weighted by Crippen LogP contribution is -2.07. The topological polar surface area (TPSA) is 40.7 Å². The van der Waals surface area contributed by atoms with Crippen LogP contribution in [0.1, 0.15) is 18.7 Å². The van der Waals surface area contributed by atoms with E-state index in [0.717, 1.165) is 11.4 Å². The average molecular weight is 256 g/mol. The summed E-state index contributed by atoms with van der Waals surface area (Å²) in [5.74, 6) is 0. The first kappa shape index (κ1) is 11.3. The predicted molar refractivity (Wildman–Crippen MR) is 67.1 cm³/mol. The number of aromatic nitrogens is 2. The molecule has 1 heterocycles. The van der Waals surface area contributed by atoms with Crippen LogP contribution in [-0.2, 0) is 0 Å². The molecule has 1 aromatic carbocycles. The number of aromatic amines is 1. The number of nitrogens with zero attached hydrogens (tertiary/aromatic N) is 1. The number of H-pyrrole nitrogens is 1. The van der Waals surface area contributed by atoms with Crippen molar-refractivity contribution in [2.24, 2.45) is 0 Å². The number of anilines is 1. The quantitative estimate of drug-likeness (QED) is 0.874. The number of nitrogens with one attached hydrogen (secondary N) is 2. The van der Waals surface area contributed by atoms with E-state index < -0.39 is 0 Å². The van der Waals surface area contributed by atoms with Crippen molar-refractivity contribution < 1.29 is 0 Å². The van der Waals surface area contributed by atoms with Crippen LogP contribution >= 0.6 is 23.2 Å². The second-order valence-corrected chi connectivity index (χ2v) is 4.35. The van der Waals surface area contributed by atoms with Crippen molar-refractivity contribution in [3.8, 4) is 0 Å². The Labute approximate surface area is 104 Å². The number of hydrogen-bond donors (Lipinski definition) is 2. The molecule has 1 atom stereocenters. The third kappa shape index (κ3) is 2.49. The molecule has 0 bridgehead atoms. The molecule has 0 amide bonds. The zero-order valence-corrected chi connectivity index (χ0v) is 10.2. The van der Waals surface area contributed by atoms with Gasteiger partial charge in [0, 0.05) is 11.2 Å². The minimum atomic E-state index is 0.112. The molecule has 0 radical (unpaired) electrons. The molecule has 5 heteroatoms. The average Bonchev–Trinajstić information content (AvgIpc) is 2.75. The molecule has 0 aliphatic carbocycles. The van der Waals surface area contributed by atoms with Crippen molar-refractivity contribution in [1.29, 1.82) is 0 Å². The van der Waals surface area contributed by atoms with Crippen LogP contribution in [0.4, 0.5) is 5.69 Å². The van der Waals surface area contributed by atoms with Gasteiger partial charge in [0.1, 0.15) is 0 Å². The number of hydrogen-bond acceptors (Lipinski definition) is 2. The lowest BCUT2D eigenvalue weighted by molar-refractivity contribution is 0.826. The van der Waals surface area contributed by atoms with E-state index in [9.17, 15) is 0 Å². The Balaban J connectivity index is 2.15. The Morgan fingerprint density at radius 2 is 2.12 bits per heavy atom. The Morgan fingerprint density at radius 3 is 2.75 bits per heavy atom. The van der Waals surface area contributed by atoms with E-state index >= 15 is 0 Å². The molecule has 0 saturated heterocycles. The highest BCUT2D eigenvalue weighted by molar-refractivity contribution is 6.36. The van der Waals surface area contributed by atoms with Gasteiger partial charge in [-0.25, -0.2) is 0 Å². The maximum Gasteiger partial charge on any atom is 0.0652 e. The first-order chi connectivity index (χ1) is 7.66. The van der Waals surface area contributed by atoms with Crippen LogP contribution < -0.4 is 5.32 Å². The van der Waals surface area contributed by atoms with E-state index in [0.29, 0.717) is 10.0 Å². The number of halogens is 2. The fourth-order valence-electron chi connectivity index (χ4n) is 1.43. The molecule has 16 heavy (non-hydrogen) atoms. The molecule has 1 unspecified atom stereocenters. The Kier molecular flexibility index (Phi) is 3.36. The summed E-state index contributed by atoms with van der Waals surface area (Å²) < 4.78 is 0. The summed E-state index contributed by atoms with van der Waals surface area (Å²) in [5.41, 5.74) is 1.86. The Bertz CT molecular complexity index is 468. The highest BCUT2D eigenvalue weighted by Gasteiger charge is 2.08. The van der Waals surface area contributed by atoms with Crippen molar-refractivity contribution in [2.75, 3.05) is 5.32 Å². The standard InChI is InChI=1S/C11H11Cl2N3/c1-7(10-4-5-14-16-10)15-11-3-2-8(12)6-9(11)13/h2-7,15H,1H3,(H,14,16). The summed E-state index contributed by atoms with van der Waals surface area (Å²) in [5, 5.41) is 11.3. The monoisotopic (exact) mass is 255 g/mol. The van der Waals surface area contributed by atoms with Gasteiger partial charge in [-0.1, -0.05) is 23.2 Å². The Hall–Kier alpha value is -1.19. The van der Waals surface area contributed by atoms with Gasteiger partial charge in [0.05, 0.1) is 22.4 Å². The van der Waals surface area contributed by atoms with E-state index in [1.54, 1.807) is 18.3 Å². The van der Waals surface area contributed by atoms with Crippen molar-refractivity contribution in [3.63, 3.8) is 0 Å². The molecule has 2 aromatic rings. The molecule has 0 aliphatic rings. The van der Waals surface area contributed by atoms with Gasteiger partial charge >= 0.3 is 0 Å². The lowest BCUT2D eigenvalue weighted by atomic mass is 10.2. The van der Waals surface area contributed by atoms with Crippen LogP contribution in [0.2, 0.25) is 10.0 Å². The molecule has 0 aliphatic heterocycles. The normalized spacial score (nSPS) is 12.4. The highest BCUT2D eigenvalue weighted by Crippen LogP contribution is 2.28. The van der Waals surface area contributed by atoms with E-state index in [4.69, 9.17) is 23.2 Å². The summed E-state index contributed by atoms with van der Waals surface area (Å²) in [6.07, 6.45) is 1.72. The van der Waals surface area contributed by atoms with Crippen LogP contribution in [0.3, 0.4) is 0 Å². The summed E-state index contributed by atoms with van der Waals surface area (Å²) in [4.78, 5) is 0. The first-order valence-electron chi connectivity index (χ1n) is 4.87. The molecule has 2 rings (SSSR count). The molecule has 0 spiro atoms. The third-order valence-corrected chi connectivity index (χ3v) is 2.84. The first-order valence-corrected chi connectivity index (χ1v) is 5.63. The highest BCUT2D eigenvalue weighted by atomic mass is 35.5. The maximum atomic E-state index is 6.06. The van der Waals surface area contributed by atoms with Crippen LogP contribution in [-0.4, -0.2) is 10.2 Å². The summed E-state index contributed by atoms with van der Waals surface area (Å²) in [7, 11) is 0. The Morgan fingerprint density at radius 1 is 1.31 bits per heavy atom. The van der Waals surface area contributed by atoms with E-state index in [1.807, 2.05) is 19.1 Å². The van der Waals surface area contributed by atoms with Gasteiger partial charge in [-0.2, -0.15) is 5.10 Å². The van der Waals surface area contributed by atoms with Gasteiger partial charge in [-0.3, -0.25) is 5.10 Å². The molecule has 1 aromatic heterocycles. The minimum absolute atomic E-state index is 0.112. The molecule has 2 N–H and O–H groups in total. The molecule has 0 saturated carbocycles. The smallest absolute Gasteiger partial charge is 0.0652 e. The fourth-order valence-corrected chi connectivity index (χ4v) is 1.89. The molecule has 84 valence electrons. The van der Waals surface area contributed by atoms with Crippen molar-refractivity contribution in [3.05, 3.63) is 46.2 Å². The predicted octanol–water partition coefficient (Wildman–Crippen LogP) is 3.89. The molecule has 3 nitrogen and oxygen atoms in total. The van der Waals surface area contributed by atoms with Crippen LogP contribution in [0.5, 0.6) is 0 Å². The lowest BCUT2D eigenvalue weighted by Gasteiger charge is -2.14. The zero-order chi connectivity index (χ0) is 11.5. The molecular formula is C11H11Cl2N3. The SMILES string of the molecule is CC(Nc1ccc(Cl)cc1Cl)c1ccn[nH]1. The van der Waals surface area contributed by atoms with E-state index in [2.05, 4.69) is 15.5 Å². The number of benzene rings is 1. The van der Waals surface area contributed by atoms with Gasteiger partial charge in [-0.05, 0) is 31.2 Å². The van der Waals surface area contributed by atoms with Crippen molar-refractivity contribution >= 4 is 28.9 Å². The largest absolute Gasteiger partial charge is 0.376 e. The maximum absolute atomic E-state index is 6.06. The summed E-state index contributed by atoms with van der Waals surface area (Å²) in [6.45, 7) is 2.03. The molecular weight excluding hydrogens is 245 g/mol. The second-order valence-electron chi connectivity index (χ2n) is 3.50. The minimum Gasteiger partial charge on any atom is -0.376 e. The molecule has 0 fully saturated rings. The fraction of sp³-hybridized carbons (Fsp3) is 0.182. The van der Waals surface area contributed by atoms with Crippen molar-refractivity contribution in [2.45, 2.75) is 13.0 Å². The van der Waals surface area contributed by atoms with Crippen LogP contribution in [0, 0.1) is 0 Å². The van der Waals surface area contributed by atoms with E-state index in [1.165, 1.54) is 0 Å². The van der Waals surface area contributed by atoms with Gasteiger partial charge in [0.15, 0.2) is 0 Å². The van der Waals surface area contributed by atoms with Gasteiger partial charge in [0.25, 0.3) is 0 Å². The summed E-state index contributed by atoms with van der Waals surface area (Å²) >= 11 is 11.9.